The molecule has 1 aliphatic carbocycles. The van der Waals surface area contributed by atoms with Crippen molar-refractivity contribution in [3.63, 3.8) is 0 Å². The van der Waals surface area contributed by atoms with Crippen LogP contribution in [0.25, 0.3) is 0 Å². The molecule has 1 atom stereocenters. The number of fused-ring (bicyclic) bond motifs is 1. The Morgan fingerprint density at radius 2 is 2.00 bits per heavy atom. The zero-order valence-corrected chi connectivity index (χ0v) is 13.2. The molecule has 3 rings (SSSR count). The fourth-order valence-corrected chi connectivity index (χ4v) is 3.09. The number of hydrogen-bond acceptors (Lipinski definition) is 3. The Morgan fingerprint density at radius 1 is 1.23 bits per heavy atom. The number of Topliss-reactive ketones (excluding diaryl/α,β-unsaturated/α-hetero) is 1. The van der Waals surface area contributed by atoms with Gasteiger partial charge in [0.25, 0.3) is 0 Å². The van der Waals surface area contributed by atoms with Gasteiger partial charge in [-0.05, 0) is 42.7 Å². The van der Waals surface area contributed by atoms with Crippen LogP contribution in [0.2, 0.25) is 0 Å². The van der Waals surface area contributed by atoms with Crippen molar-refractivity contribution >= 4 is 28.7 Å². The lowest BCUT2D eigenvalue weighted by atomic mass is 9.82. The molecule has 1 unspecified atom stereocenters. The highest BCUT2D eigenvalue weighted by Crippen LogP contribution is 2.29. The summed E-state index contributed by atoms with van der Waals surface area (Å²) in [6.07, 6.45) is 1.60. The maximum absolute atomic E-state index is 12.7. The number of hydrogen-bond donors (Lipinski definition) is 1. The Hall–Kier alpha value is -2.20. The van der Waals surface area contributed by atoms with Gasteiger partial charge in [0.1, 0.15) is 5.75 Å². The fourth-order valence-electron chi connectivity index (χ4n) is 2.75. The zero-order chi connectivity index (χ0) is 15.5. The van der Waals surface area contributed by atoms with Gasteiger partial charge >= 0.3 is 0 Å². The molecule has 0 aromatic heterocycles. The Kier molecular flexibility index (Phi) is 4.20. The second kappa shape index (κ2) is 6.28. The van der Waals surface area contributed by atoms with Gasteiger partial charge in [-0.1, -0.05) is 36.5 Å². The number of aryl methyl sites for hydroxylation is 1. The maximum Gasteiger partial charge on any atom is 0.173 e. The number of nitrogens with one attached hydrogen (secondary N) is 1. The van der Waals surface area contributed by atoms with Crippen molar-refractivity contribution in [1.82, 2.24) is 0 Å². The molecule has 0 bridgehead atoms. The summed E-state index contributed by atoms with van der Waals surface area (Å²) >= 11 is 5.46. The molecule has 0 fully saturated rings. The summed E-state index contributed by atoms with van der Waals surface area (Å²) in [5.41, 5.74) is 2.72. The van der Waals surface area contributed by atoms with Gasteiger partial charge in [-0.3, -0.25) is 4.79 Å². The smallest absolute Gasteiger partial charge is 0.173 e. The van der Waals surface area contributed by atoms with E-state index in [-0.39, 0.29) is 11.7 Å². The van der Waals surface area contributed by atoms with Gasteiger partial charge in [0.15, 0.2) is 5.78 Å². The van der Waals surface area contributed by atoms with E-state index in [9.17, 15) is 4.79 Å². The van der Waals surface area contributed by atoms with Crippen molar-refractivity contribution in [2.24, 2.45) is 5.92 Å². The Bertz CT molecular complexity index is 712. The number of carbonyl (C=O) groups excluding carboxylic acids is 1. The van der Waals surface area contributed by atoms with Crippen molar-refractivity contribution in [1.29, 1.82) is 0 Å². The summed E-state index contributed by atoms with van der Waals surface area (Å²) in [7, 11) is 1.61. The number of thiocarbonyl (C=S) groups is 1. The first kappa shape index (κ1) is 14.7. The zero-order valence-electron chi connectivity index (χ0n) is 12.3. The second-order valence-corrected chi connectivity index (χ2v) is 5.77. The molecule has 0 spiro atoms. The van der Waals surface area contributed by atoms with Crippen molar-refractivity contribution in [3.8, 4) is 5.75 Å². The molecule has 3 nitrogen and oxygen atoms in total. The van der Waals surface area contributed by atoms with Crippen LogP contribution in [0.4, 0.5) is 5.69 Å². The van der Waals surface area contributed by atoms with E-state index < -0.39 is 0 Å². The number of anilines is 1. The first-order chi connectivity index (χ1) is 10.7. The molecule has 1 aliphatic rings. The Morgan fingerprint density at radius 3 is 2.73 bits per heavy atom. The van der Waals surface area contributed by atoms with Crippen molar-refractivity contribution < 1.29 is 9.53 Å². The van der Waals surface area contributed by atoms with Crippen LogP contribution in [0, 0.1) is 5.92 Å². The number of para-hydroxylation sites is 1. The molecular weight excluding hydrogens is 294 g/mol. The molecule has 4 heteroatoms. The third-order valence-corrected chi connectivity index (χ3v) is 4.35. The van der Waals surface area contributed by atoms with Crippen LogP contribution >= 0.6 is 12.2 Å². The molecule has 0 radical (unpaired) electrons. The van der Waals surface area contributed by atoms with E-state index in [2.05, 4.69) is 5.32 Å². The number of methoxy groups -OCH3 is 1. The maximum atomic E-state index is 12.7. The van der Waals surface area contributed by atoms with Crippen LogP contribution in [-0.2, 0) is 6.42 Å². The normalized spacial score (nSPS) is 16.8. The highest BCUT2D eigenvalue weighted by atomic mass is 32.1. The van der Waals surface area contributed by atoms with Crippen molar-refractivity contribution in [3.05, 3.63) is 59.7 Å². The number of ketones is 1. The quantitative estimate of drug-likeness (QED) is 0.873. The standard InChI is InChI=1S/C18H17NO2S/c1-21-14-9-7-12-8-10-15(17(20)16(12)11-14)18(22)19-13-5-3-2-4-6-13/h2-7,9,11,15H,8,10H2,1H3,(H,19,22). The first-order valence-corrected chi connectivity index (χ1v) is 7.67. The molecule has 22 heavy (non-hydrogen) atoms. The molecule has 0 saturated heterocycles. The lowest BCUT2D eigenvalue weighted by molar-refractivity contribution is 0.0941. The lowest BCUT2D eigenvalue weighted by Gasteiger charge is -2.25. The van der Waals surface area contributed by atoms with Gasteiger partial charge in [0, 0.05) is 11.3 Å². The van der Waals surface area contributed by atoms with Crippen LogP contribution in [0.1, 0.15) is 22.3 Å². The highest BCUT2D eigenvalue weighted by molar-refractivity contribution is 7.80. The summed E-state index contributed by atoms with van der Waals surface area (Å²) in [6, 6.07) is 15.4. The third-order valence-electron chi connectivity index (χ3n) is 3.96. The van der Waals surface area contributed by atoms with Gasteiger partial charge < -0.3 is 10.1 Å². The second-order valence-electron chi connectivity index (χ2n) is 5.33. The van der Waals surface area contributed by atoms with E-state index >= 15 is 0 Å². The van der Waals surface area contributed by atoms with Gasteiger partial charge in [0.05, 0.1) is 18.0 Å². The predicted molar refractivity (Wildman–Crippen MR) is 91.8 cm³/mol. The van der Waals surface area contributed by atoms with Gasteiger partial charge in [-0.2, -0.15) is 0 Å². The Labute approximate surface area is 135 Å². The number of benzene rings is 2. The van der Waals surface area contributed by atoms with E-state index in [4.69, 9.17) is 17.0 Å². The average Bonchev–Trinajstić information content (AvgIpc) is 2.56. The fraction of sp³-hybridized carbons (Fsp3) is 0.222. The van der Waals surface area contributed by atoms with Crippen LogP contribution in [0.5, 0.6) is 5.75 Å². The van der Waals surface area contributed by atoms with E-state index in [1.807, 2.05) is 48.5 Å². The lowest BCUT2D eigenvalue weighted by Crippen LogP contribution is -2.32. The van der Waals surface area contributed by atoms with Crippen LogP contribution < -0.4 is 10.1 Å². The van der Waals surface area contributed by atoms with E-state index in [0.29, 0.717) is 10.7 Å². The van der Waals surface area contributed by atoms with Crippen LogP contribution in [-0.4, -0.2) is 17.9 Å². The molecule has 2 aromatic rings. The highest BCUT2D eigenvalue weighted by Gasteiger charge is 2.30. The topological polar surface area (TPSA) is 38.3 Å². The third kappa shape index (κ3) is 2.88. The molecule has 112 valence electrons. The van der Waals surface area contributed by atoms with Crippen molar-refractivity contribution in [2.45, 2.75) is 12.8 Å². The summed E-state index contributed by atoms with van der Waals surface area (Å²) in [4.78, 5) is 13.3. The summed E-state index contributed by atoms with van der Waals surface area (Å²) in [5, 5.41) is 3.18. The summed E-state index contributed by atoms with van der Waals surface area (Å²) < 4.78 is 5.22. The largest absolute Gasteiger partial charge is 0.497 e. The SMILES string of the molecule is COc1ccc2c(c1)C(=O)C(C(=S)Nc1ccccc1)CC2. The first-order valence-electron chi connectivity index (χ1n) is 7.26. The minimum Gasteiger partial charge on any atom is -0.497 e. The number of carbonyl (C=O) groups is 1. The van der Waals surface area contributed by atoms with E-state index in [0.717, 1.165) is 29.7 Å². The molecule has 1 N–H and O–H groups in total. The van der Waals surface area contributed by atoms with Gasteiger partial charge in [-0.15, -0.1) is 0 Å². The number of rotatable bonds is 3. The molecule has 0 saturated carbocycles. The minimum absolute atomic E-state index is 0.0774. The summed E-state index contributed by atoms with van der Waals surface area (Å²) in [6.45, 7) is 0. The van der Waals surface area contributed by atoms with E-state index in [1.165, 1.54) is 0 Å². The average molecular weight is 311 g/mol. The monoisotopic (exact) mass is 311 g/mol. The molecule has 0 heterocycles. The van der Waals surface area contributed by atoms with Crippen LogP contribution in [0.3, 0.4) is 0 Å². The molecule has 2 aromatic carbocycles. The van der Waals surface area contributed by atoms with Gasteiger partial charge in [0.2, 0.25) is 0 Å². The molecular formula is C18H17NO2S. The minimum atomic E-state index is -0.269. The Balaban J connectivity index is 1.81. The van der Waals surface area contributed by atoms with Crippen molar-refractivity contribution in [2.75, 3.05) is 12.4 Å². The van der Waals surface area contributed by atoms with E-state index in [1.54, 1.807) is 7.11 Å². The number of ether oxygens (including phenoxy) is 1. The predicted octanol–water partition coefficient (Wildman–Crippen LogP) is 3.88. The summed E-state index contributed by atoms with van der Waals surface area (Å²) in [5.74, 6) is 0.512. The molecule has 0 amide bonds. The van der Waals surface area contributed by atoms with Crippen LogP contribution in [0.15, 0.2) is 48.5 Å². The molecule has 0 aliphatic heterocycles. The van der Waals surface area contributed by atoms with Gasteiger partial charge in [-0.25, -0.2) is 0 Å².